The van der Waals surface area contributed by atoms with Crippen LogP contribution in [0.2, 0.25) is 0 Å². The van der Waals surface area contributed by atoms with E-state index in [1.807, 2.05) is 13.8 Å². The molecule has 0 aliphatic rings. The average molecular weight is 282 g/mol. The number of sulfonamides is 1. The lowest BCUT2D eigenvalue weighted by molar-refractivity contribution is 0.0911. The third-order valence-electron chi connectivity index (χ3n) is 2.20. The fraction of sp³-hybridized carbons (Fsp3) is 0.900. The van der Waals surface area contributed by atoms with Crippen molar-refractivity contribution < 1.29 is 13.2 Å². The molecule has 0 fully saturated rings. The Labute approximate surface area is 109 Å². The second-order valence-corrected chi connectivity index (χ2v) is 7.17. The highest BCUT2D eigenvalue weighted by atomic mass is 32.2. The predicted octanol–water partition coefficient (Wildman–Crippen LogP) is 0.643. The van der Waals surface area contributed by atoms with Gasteiger partial charge in [0.2, 0.25) is 10.0 Å². The van der Waals surface area contributed by atoms with Gasteiger partial charge in [-0.05, 0) is 13.8 Å². The zero-order valence-corrected chi connectivity index (χ0v) is 12.5. The number of thiocarbonyl (C=S) groups is 1. The predicted molar refractivity (Wildman–Crippen MR) is 73.4 cm³/mol. The zero-order chi connectivity index (χ0) is 13.7. The van der Waals surface area contributed by atoms with E-state index in [-0.39, 0.29) is 25.0 Å². The molecule has 0 aliphatic carbocycles. The van der Waals surface area contributed by atoms with Crippen molar-refractivity contribution in [3.63, 3.8) is 0 Å². The Morgan fingerprint density at radius 2 is 2.00 bits per heavy atom. The topological polar surface area (TPSA) is 81.4 Å². The lowest BCUT2D eigenvalue weighted by Gasteiger charge is -2.23. The van der Waals surface area contributed by atoms with Gasteiger partial charge in [0.15, 0.2) is 0 Å². The first-order valence-electron chi connectivity index (χ1n) is 5.46. The van der Waals surface area contributed by atoms with E-state index in [2.05, 4.69) is 4.72 Å². The van der Waals surface area contributed by atoms with Crippen LogP contribution in [0.25, 0.3) is 0 Å². The van der Waals surface area contributed by atoms with Crippen LogP contribution in [-0.2, 0) is 14.8 Å². The minimum atomic E-state index is -3.33. The highest BCUT2D eigenvalue weighted by Gasteiger charge is 2.23. The molecule has 5 nitrogen and oxygen atoms in total. The SMILES string of the molecule is CC(C)OCCS(=O)(=O)NCC(C)(C)C(N)=S. The molecular formula is C10H22N2O3S2. The van der Waals surface area contributed by atoms with Gasteiger partial charge in [0, 0.05) is 12.0 Å². The Hall–Kier alpha value is -0.240. The van der Waals surface area contributed by atoms with Crippen molar-refractivity contribution >= 4 is 27.2 Å². The molecule has 0 atom stereocenters. The molecule has 0 unspecified atom stereocenters. The Bertz CT molecular complexity index is 351. The molecule has 0 heterocycles. The lowest BCUT2D eigenvalue weighted by Crippen LogP contribution is -2.42. The summed E-state index contributed by atoms with van der Waals surface area (Å²) in [5, 5.41) is 0. The van der Waals surface area contributed by atoms with Crippen molar-refractivity contribution in [2.24, 2.45) is 11.1 Å². The van der Waals surface area contributed by atoms with Crippen molar-refractivity contribution in [2.45, 2.75) is 33.8 Å². The maximum atomic E-state index is 11.6. The van der Waals surface area contributed by atoms with Gasteiger partial charge in [-0.15, -0.1) is 0 Å². The molecule has 0 bridgehead atoms. The summed E-state index contributed by atoms with van der Waals surface area (Å²) in [4.78, 5) is 0.290. The minimum Gasteiger partial charge on any atom is -0.393 e. The summed E-state index contributed by atoms with van der Waals surface area (Å²) in [6.07, 6.45) is 0.0262. The van der Waals surface area contributed by atoms with E-state index in [9.17, 15) is 8.42 Å². The van der Waals surface area contributed by atoms with E-state index < -0.39 is 15.4 Å². The fourth-order valence-electron chi connectivity index (χ4n) is 0.843. The second-order valence-electron chi connectivity index (χ2n) is 4.81. The molecule has 0 amide bonds. The molecule has 0 aliphatic heterocycles. The summed E-state index contributed by atoms with van der Waals surface area (Å²) in [5.74, 6) is -0.0570. The highest BCUT2D eigenvalue weighted by Crippen LogP contribution is 2.13. The van der Waals surface area contributed by atoms with Gasteiger partial charge >= 0.3 is 0 Å². The highest BCUT2D eigenvalue weighted by molar-refractivity contribution is 7.89. The maximum absolute atomic E-state index is 11.6. The molecule has 0 radical (unpaired) electrons. The first-order valence-corrected chi connectivity index (χ1v) is 7.52. The van der Waals surface area contributed by atoms with Gasteiger partial charge in [-0.1, -0.05) is 26.1 Å². The van der Waals surface area contributed by atoms with Crippen LogP contribution >= 0.6 is 12.2 Å². The second kappa shape index (κ2) is 6.63. The van der Waals surface area contributed by atoms with Gasteiger partial charge in [-0.2, -0.15) is 0 Å². The van der Waals surface area contributed by atoms with Crippen LogP contribution in [-0.4, -0.2) is 38.4 Å². The van der Waals surface area contributed by atoms with Crippen LogP contribution in [0.4, 0.5) is 0 Å². The van der Waals surface area contributed by atoms with Gasteiger partial charge in [-0.25, -0.2) is 13.1 Å². The Balaban J connectivity index is 4.15. The molecule has 7 heteroatoms. The number of ether oxygens (including phenoxy) is 1. The van der Waals surface area contributed by atoms with Crippen molar-refractivity contribution in [1.29, 1.82) is 0 Å². The van der Waals surface area contributed by atoms with Crippen molar-refractivity contribution in [3.05, 3.63) is 0 Å². The minimum absolute atomic E-state index is 0.0262. The number of hydrogen-bond acceptors (Lipinski definition) is 4. The molecule has 0 saturated heterocycles. The maximum Gasteiger partial charge on any atom is 0.213 e. The summed E-state index contributed by atoms with van der Waals surface area (Å²) in [6, 6.07) is 0. The van der Waals surface area contributed by atoms with Crippen molar-refractivity contribution in [1.82, 2.24) is 4.72 Å². The monoisotopic (exact) mass is 282 g/mol. The van der Waals surface area contributed by atoms with Gasteiger partial charge < -0.3 is 10.5 Å². The summed E-state index contributed by atoms with van der Waals surface area (Å²) < 4.78 is 30.9. The Kier molecular flexibility index (Phi) is 6.53. The average Bonchev–Trinajstić information content (AvgIpc) is 2.14. The van der Waals surface area contributed by atoms with Gasteiger partial charge in [0.25, 0.3) is 0 Å². The molecule has 0 rings (SSSR count). The molecule has 0 saturated carbocycles. The van der Waals surface area contributed by atoms with Crippen LogP contribution in [0.15, 0.2) is 0 Å². The molecule has 3 N–H and O–H groups in total. The summed E-state index contributed by atoms with van der Waals surface area (Å²) in [6.45, 7) is 7.68. The first-order chi connectivity index (χ1) is 7.57. The zero-order valence-electron chi connectivity index (χ0n) is 10.8. The van der Waals surface area contributed by atoms with E-state index in [4.69, 9.17) is 22.7 Å². The third kappa shape index (κ3) is 7.64. The fourth-order valence-corrected chi connectivity index (χ4v) is 1.96. The van der Waals surface area contributed by atoms with E-state index in [0.717, 1.165) is 0 Å². The van der Waals surface area contributed by atoms with E-state index >= 15 is 0 Å². The molecule has 0 aromatic carbocycles. The quantitative estimate of drug-likeness (QED) is 0.639. The molecule has 17 heavy (non-hydrogen) atoms. The summed E-state index contributed by atoms with van der Waals surface area (Å²) in [7, 11) is -3.33. The van der Waals surface area contributed by atoms with Crippen LogP contribution in [0.3, 0.4) is 0 Å². The number of hydrogen-bond donors (Lipinski definition) is 2. The van der Waals surface area contributed by atoms with Crippen molar-refractivity contribution in [2.75, 3.05) is 18.9 Å². The van der Waals surface area contributed by atoms with Crippen molar-refractivity contribution in [3.8, 4) is 0 Å². The normalized spacial score (nSPS) is 13.0. The Morgan fingerprint density at radius 1 is 1.47 bits per heavy atom. The smallest absolute Gasteiger partial charge is 0.213 e. The van der Waals surface area contributed by atoms with Crippen LogP contribution in [0.1, 0.15) is 27.7 Å². The Morgan fingerprint density at radius 3 is 2.41 bits per heavy atom. The molecule has 0 aromatic heterocycles. The van der Waals surface area contributed by atoms with E-state index in [1.165, 1.54) is 0 Å². The molecule has 0 spiro atoms. The van der Waals surface area contributed by atoms with E-state index in [0.29, 0.717) is 4.99 Å². The number of nitrogens with one attached hydrogen (secondary N) is 1. The van der Waals surface area contributed by atoms with Crippen LogP contribution in [0, 0.1) is 5.41 Å². The van der Waals surface area contributed by atoms with Crippen LogP contribution in [0.5, 0.6) is 0 Å². The largest absolute Gasteiger partial charge is 0.393 e. The molecule has 0 aromatic rings. The molecular weight excluding hydrogens is 260 g/mol. The standard InChI is InChI=1S/C10H22N2O3S2/c1-8(2)15-5-6-17(13,14)12-7-10(3,4)9(11)16/h8,12H,5-7H2,1-4H3,(H2,11,16). The summed E-state index contributed by atoms with van der Waals surface area (Å²) >= 11 is 4.86. The van der Waals surface area contributed by atoms with Crippen LogP contribution < -0.4 is 10.5 Å². The summed E-state index contributed by atoms with van der Waals surface area (Å²) in [5.41, 5.74) is 4.98. The molecule has 102 valence electrons. The van der Waals surface area contributed by atoms with Gasteiger partial charge in [0.1, 0.15) is 0 Å². The van der Waals surface area contributed by atoms with E-state index in [1.54, 1.807) is 13.8 Å². The first kappa shape index (κ1) is 16.8. The van der Waals surface area contributed by atoms with Gasteiger partial charge in [0.05, 0.1) is 23.5 Å². The number of rotatable bonds is 8. The third-order valence-corrected chi connectivity index (χ3v) is 4.05. The lowest BCUT2D eigenvalue weighted by atomic mass is 9.94. The van der Waals surface area contributed by atoms with Gasteiger partial charge in [-0.3, -0.25) is 0 Å². The number of nitrogens with two attached hydrogens (primary N) is 1.